The van der Waals surface area contributed by atoms with E-state index in [4.69, 9.17) is 0 Å². The second kappa shape index (κ2) is 9.02. The molecule has 1 N–H and O–H groups in total. The molecule has 0 radical (unpaired) electrons. The number of carbonyl (C=O) groups is 1. The van der Waals surface area contributed by atoms with Crippen LogP contribution >= 0.6 is 22.7 Å². The average Bonchev–Trinajstić information content (AvgIpc) is 3.33. The lowest BCUT2D eigenvalue weighted by molar-refractivity contribution is -0.121. The molecule has 3 aromatic rings. The third-order valence-corrected chi connectivity index (χ3v) is 5.92. The summed E-state index contributed by atoms with van der Waals surface area (Å²) in [7, 11) is 4.07. The molecule has 0 bridgehead atoms. The van der Waals surface area contributed by atoms with E-state index < -0.39 is 0 Å². The molecule has 0 aliphatic heterocycles. The van der Waals surface area contributed by atoms with E-state index in [2.05, 4.69) is 31.6 Å². The molecule has 0 aliphatic rings. The van der Waals surface area contributed by atoms with Gasteiger partial charge in [0.1, 0.15) is 5.01 Å². The maximum absolute atomic E-state index is 12.2. The van der Waals surface area contributed by atoms with E-state index in [1.807, 2.05) is 43.7 Å². The number of aryl methyl sites for hydroxylation is 1. The number of hydrogen-bond acceptors (Lipinski definition) is 6. The van der Waals surface area contributed by atoms with Gasteiger partial charge in [0.2, 0.25) is 5.91 Å². The molecule has 0 spiro atoms. The van der Waals surface area contributed by atoms with Gasteiger partial charge in [0.05, 0.1) is 17.4 Å². The van der Waals surface area contributed by atoms with Crippen molar-refractivity contribution in [2.45, 2.75) is 18.9 Å². The first kappa shape index (κ1) is 18.7. The topological polar surface area (TPSA) is 58.1 Å². The first-order valence-electron chi connectivity index (χ1n) is 8.46. The molecule has 0 saturated carbocycles. The fourth-order valence-electron chi connectivity index (χ4n) is 2.59. The van der Waals surface area contributed by atoms with Gasteiger partial charge in [-0.1, -0.05) is 12.1 Å². The van der Waals surface area contributed by atoms with Gasteiger partial charge in [0.15, 0.2) is 0 Å². The Labute approximate surface area is 161 Å². The van der Waals surface area contributed by atoms with Crippen LogP contribution < -0.4 is 5.32 Å². The Bertz CT molecular complexity index is 815. The van der Waals surface area contributed by atoms with Crippen molar-refractivity contribution in [1.29, 1.82) is 0 Å². The van der Waals surface area contributed by atoms with Crippen LogP contribution in [0.2, 0.25) is 0 Å². The maximum Gasteiger partial charge on any atom is 0.220 e. The summed E-state index contributed by atoms with van der Waals surface area (Å²) in [6.07, 6.45) is 2.84. The van der Waals surface area contributed by atoms with Crippen molar-refractivity contribution in [3.8, 4) is 10.7 Å². The van der Waals surface area contributed by atoms with E-state index in [0.717, 1.165) is 16.4 Å². The van der Waals surface area contributed by atoms with Crippen molar-refractivity contribution in [2.24, 2.45) is 0 Å². The summed E-state index contributed by atoms with van der Waals surface area (Å²) in [5.41, 5.74) is 1.81. The van der Waals surface area contributed by atoms with Crippen LogP contribution in [-0.2, 0) is 11.2 Å². The zero-order valence-corrected chi connectivity index (χ0v) is 16.5. The van der Waals surface area contributed by atoms with Crippen LogP contribution in [0.1, 0.15) is 23.0 Å². The van der Waals surface area contributed by atoms with Crippen LogP contribution in [0.25, 0.3) is 10.7 Å². The van der Waals surface area contributed by atoms with Crippen molar-refractivity contribution in [2.75, 3.05) is 20.6 Å². The number of aromatic nitrogens is 2. The zero-order chi connectivity index (χ0) is 18.4. The van der Waals surface area contributed by atoms with Gasteiger partial charge >= 0.3 is 0 Å². The highest BCUT2D eigenvalue weighted by molar-refractivity contribution is 7.13. The lowest BCUT2D eigenvalue weighted by Gasteiger charge is -2.23. The molecule has 7 heteroatoms. The average molecular weight is 387 g/mol. The molecule has 3 aromatic heterocycles. The maximum atomic E-state index is 12.2. The van der Waals surface area contributed by atoms with Crippen molar-refractivity contribution < 1.29 is 4.79 Å². The summed E-state index contributed by atoms with van der Waals surface area (Å²) in [6.45, 7) is 0.614. The fraction of sp³-hybridized carbons (Fsp3) is 0.316. The van der Waals surface area contributed by atoms with E-state index in [9.17, 15) is 4.79 Å². The quantitative estimate of drug-likeness (QED) is 0.642. The van der Waals surface area contributed by atoms with Gasteiger partial charge in [-0.25, -0.2) is 4.98 Å². The summed E-state index contributed by atoms with van der Waals surface area (Å²) >= 11 is 3.28. The summed E-state index contributed by atoms with van der Waals surface area (Å²) in [4.78, 5) is 24.5. The Balaban J connectivity index is 1.49. The molecule has 0 fully saturated rings. The highest BCUT2D eigenvalue weighted by Crippen LogP contribution is 2.23. The summed E-state index contributed by atoms with van der Waals surface area (Å²) in [6, 6.07) is 10.1. The molecular formula is C19H22N4OS2. The first-order chi connectivity index (χ1) is 12.6. The molecule has 3 heterocycles. The van der Waals surface area contributed by atoms with Crippen molar-refractivity contribution >= 4 is 28.6 Å². The Morgan fingerprint density at radius 1 is 1.23 bits per heavy atom. The Hall–Kier alpha value is -2.09. The van der Waals surface area contributed by atoms with Gasteiger partial charge in [0.25, 0.3) is 0 Å². The summed E-state index contributed by atoms with van der Waals surface area (Å²) < 4.78 is 0. The van der Waals surface area contributed by atoms with Crippen LogP contribution in [-0.4, -0.2) is 41.4 Å². The SMILES string of the molecule is CN(C)C(CNC(=O)CCc1csc(-c2ccccn2)n1)c1cccs1. The molecule has 1 unspecified atom stereocenters. The van der Waals surface area contributed by atoms with Gasteiger partial charge in [-0.3, -0.25) is 9.78 Å². The van der Waals surface area contributed by atoms with Gasteiger partial charge in [-0.05, 0) is 44.1 Å². The van der Waals surface area contributed by atoms with Gasteiger partial charge < -0.3 is 10.2 Å². The van der Waals surface area contributed by atoms with Crippen molar-refractivity contribution in [1.82, 2.24) is 20.2 Å². The smallest absolute Gasteiger partial charge is 0.220 e. The lowest BCUT2D eigenvalue weighted by atomic mass is 10.2. The summed E-state index contributed by atoms with van der Waals surface area (Å²) in [5, 5.41) is 8.02. The van der Waals surface area contributed by atoms with Crippen LogP contribution in [0.4, 0.5) is 0 Å². The highest BCUT2D eigenvalue weighted by atomic mass is 32.1. The number of thiophene rings is 1. The number of amides is 1. The van der Waals surface area contributed by atoms with Gasteiger partial charge in [-0.15, -0.1) is 22.7 Å². The molecule has 1 atom stereocenters. The first-order valence-corrected chi connectivity index (χ1v) is 10.2. The monoisotopic (exact) mass is 386 g/mol. The highest BCUT2D eigenvalue weighted by Gasteiger charge is 2.16. The van der Waals surface area contributed by atoms with E-state index in [1.165, 1.54) is 4.88 Å². The molecule has 5 nitrogen and oxygen atoms in total. The van der Waals surface area contributed by atoms with Gasteiger partial charge in [-0.2, -0.15) is 0 Å². The third kappa shape index (κ3) is 4.97. The molecular weight excluding hydrogens is 364 g/mol. The minimum atomic E-state index is 0.0563. The molecule has 136 valence electrons. The Morgan fingerprint density at radius 2 is 2.12 bits per heavy atom. The Kier molecular flexibility index (Phi) is 6.49. The largest absolute Gasteiger partial charge is 0.354 e. The predicted octanol–water partition coefficient (Wildman–Crippen LogP) is 3.62. The van der Waals surface area contributed by atoms with E-state index >= 15 is 0 Å². The number of rotatable bonds is 8. The molecule has 3 rings (SSSR count). The summed E-state index contributed by atoms with van der Waals surface area (Å²) in [5.74, 6) is 0.0563. The number of hydrogen-bond donors (Lipinski definition) is 1. The molecule has 0 saturated heterocycles. The van der Waals surface area contributed by atoms with Crippen LogP contribution in [0, 0.1) is 0 Å². The molecule has 0 aromatic carbocycles. The second-order valence-corrected chi connectivity index (χ2v) is 8.00. The lowest BCUT2D eigenvalue weighted by Crippen LogP contribution is -2.34. The van der Waals surface area contributed by atoms with Crippen LogP contribution in [0.5, 0.6) is 0 Å². The minimum absolute atomic E-state index is 0.0563. The van der Waals surface area contributed by atoms with E-state index in [0.29, 0.717) is 19.4 Å². The van der Waals surface area contributed by atoms with Crippen molar-refractivity contribution in [3.63, 3.8) is 0 Å². The zero-order valence-electron chi connectivity index (χ0n) is 14.9. The normalized spacial score (nSPS) is 12.3. The Morgan fingerprint density at radius 3 is 2.81 bits per heavy atom. The molecule has 1 amide bonds. The number of thiazole rings is 1. The number of nitrogens with one attached hydrogen (secondary N) is 1. The fourth-order valence-corrected chi connectivity index (χ4v) is 4.34. The second-order valence-electron chi connectivity index (χ2n) is 6.16. The van der Waals surface area contributed by atoms with Crippen LogP contribution in [0.15, 0.2) is 47.3 Å². The minimum Gasteiger partial charge on any atom is -0.354 e. The number of likely N-dealkylation sites (N-methyl/N-ethyl adjacent to an activating group) is 1. The van der Waals surface area contributed by atoms with E-state index in [1.54, 1.807) is 28.9 Å². The molecule has 0 aliphatic carbocycles. The number of pyridine rings is 1. The van der Waals surface area contributed by atoms with Crippen molar-refractivity contribution in [3.05, 3.63) is 57.9 Å². The standard InChI is InChI=1S/C19H22N4OS2/c1-23(2)16(17-7-5-11-25-17)12-21-18(24)9-8-14-13-26-19(22-14)15-6-3-4-10-20-15/h3-7,10-11,13,16H,8-9,12H2,1-2H3,(H,21,24). The predicted molar refractivity (Wildman–Crippen MR) is 107 cm³/mol. The van der Waals surface area contributed by atoms with E-state index in [-0.39, 0.29) is 11.9 Å². The molecule has 26 heavy (non-hydrogen) atoms. The number of carbonyl (C=O) groups excluding carboxylic acids is 1. The van der Waals surface area contributed by atoms with Crippen LogP contribution in [0.3, 0.4) is 0 Å². The number of nitrogens with zero attached hydrogens (tertiary/aromatic N) is 3. The van der Waals surface area contributed by atoms with Gasteiger partial charge in [0, 0.05) is 29.4 Å². The third-order valence-electron chi connectivity index (χ3n) is 4.03.